The van der Waals surface area contributed by atoms with Gasteiger partial charge < -0.3 is 0 Å². The van der Waals surface area contributed by atoms with Gasteiger partial charge in [-0.3, -0.25) is 4.79 Å². The van der Waals surface area contributed by atoms with E-state index >= 15 is 0 Å². The van der Waals surface area contributed by atoms with Crippen LogP contribution in [0, 0.1) is 5.92 Å². The first kappa shape index (κ1) is 14.1. The van der Waals surface area contributed by atoms with Crippen LogP contribution in [0.3, 0.4) is 0 Å². The zero-order chi connectivity index (χ0) is 12.5. The fourth-order valence-electron chi connectivity index (χ4n) is 1.29. The first-order valence-corrected chi connectivity index (χ1v) is 6.22. The van der Waals surface area contributed by atoms with Crippen molar-refractivity contribution in [2.75, 3.05) is 0 Å². The molecule has 0 aliphatic rings. The summed E-state index contributed by atoms with van der Waals surface area (Å²) in [7, 11) is 0. The summed E-state index contributed by atoms with van der Waals surface area (Å²) in [5, 5.41) is 0.785. The lowest BCUT2D eigenvalue weighted by molar-refractivity contribution is 0.0968. The molecule has 0 amide bonds. The summed E-state index contributed by atoms with van der Waals surface area (Å²) in [6.45, 7) is 3.88. The maximum atomic E-state index is 11.9. The Balaban J connectivity index is 3.24. The van der Waals surface area contributed by atoms with Gasteiger partial charge in [-0.15, -0.1) is 0 Å². The van der Waals surface area contributed by atoms with Crippen LogP contribution in [0.1, 0.15) is 30.6 Å². The summed E-state index contributed by atoms with van der Waals surface area (Å²) in [5.41, 5.74) is 0.256. The maximum absolute atomic E-state index is 11.9. The normalized spacial score (nSPS) is 10.9. The zero-order valence-electron chi connectivity index (χ0n) is 8.78. The van der Waals surface area contributed by atoms with Crippen molar-refractivity contribution in [2.24, 2.45) is 5.92 Å². The number of rotatable bonds is 3. The quantitative estimate of drug-likeness (QED) is 0.407. The van der Waals surface area contributed by atoms with Gasteiger partial charge >= 0.3 is 0 Å². The first-order valence-electron chi connectivity index (χ1n) is 4.70. The smallest absolute Gasteiger partial charge is 0.166 e. The fraction of sp³-hybridized carbons (Fsp3) is 0.364. The molecule has 0 atom stereocenters. The molecule has 16 heavy (non-hydrogen) atoms. The van der Waals surface area contributed by atoms with Crippen LogP contribution in [-0.2, 0) is 0 Å². The van der Waals surface area contributed by atoms with E-state index in [2.05, 4.69) is 0 Å². The van der Waals surface area contributed by atoms with Crippen LogP contribution in [0.5, 0.6) is 0 Å². The summed E-state index contributed by atoms with van der Waals surface area (Å²) < 4.78 is 0. The molecular formula is C11H10Cl4O. The lowest BCUT2D eigenvalue weighted by atomic mass is 10.0. The molecule has 0 spiro atoms. The minimum atomic E-state index is -0.122. The molecule has 1 nitrogen and oxygen atoms in total. The Kier molecular flexibility index (Phi) is 4.93. The van der Waals surface area contributed by atoms with Gasteiger partial charge in [-0.2, -0.15) is 0 Å². The molecule has 0 radical (unpaired) electrons. The molecule has 0 heterocycles. The Morgan fingerprint density at radius 3 is 2.19 bits per heavy atom. The Morgan fingerprint density at radius 2 is 1.69 bits per heavy atom. The maximum Gasteiger partial charge on any atom is 0.166 e. The highest BCUT2D eigenvalue weighted by Crippen LogP contribution is 2.38. The number of carbonyl (C=O) groups excluding carboxylic acids is 1. The molecule has 1 aromatic rings. The molecule has 0 unspecified atom stereocenters. The van der Waals surface area contributed by atoms with Crippen LogP contribution in [0.4, 0.5) is 0 Å². The molecule has 1 rings (SSSR count). The zero-order valence-corrected chi connectivity index (χ0v) is 11.8. The van der Waals surface area contributed by atoms with Gasteiger partial charge in [-0.05, 0) is 12.0 Å². The van der Waals surface area contributed by atoms with E-state index in [0.717, 1.165) is 0 Å². The number of hydrogen-bond acceptors (Lipinski definition) is 1. The highest BCUT2D eigenvalue weighted by molar-refractivity contribution is 6.51. The van der Waals surface area contributed by atoms with E-state index in [9.17, 15) is 4.79 Å². The number of benzene rings is 1. The van der Waals surface area contributed by atoms with E-state index in [0.29, 0.717) is 6.42 Å². The summed E-state index contributed by atoms with van der Waals surface area (Å²) in [6.07, 6.45) is 0.372. The SMILES string of the molecule is CC(C)CC(=O)c1c(Cl)cc(Cl)c(Cl)c1Cl. The molecule has 0 bridgehead atoms. The fourth-order valence-corrected chi connectivity index (χ4v) is 2.42. The third kappa shape index (κ3) is 3.04. The van der Waals surface area contributed by atoms with Gasteiger partial charge in [0, 0.05) is 6.42 Å². The van der Waals surface area contributed by atoms with Crippen molar-refractivity contribution in [3.63, 3.8) is 0 Å². The average molecular weight is 300 g/mol. The Morgan fingerprint density at radius 1 is 1.12 bits per heavy atom. The van der Waals surface area contributed by atoms with E-state index in [1.165, 1.54) is 6.07 Å². The van der Waals surface area contributed by atoms with E-state index < -0.39 is 0 Å². The van der Waals surface area contributed by atoms with E-state index in [4.69, 9.17) is 46.4 Å². The second-order valence-electron chi connectivity index (χ2n) is 3.86. The van der Waals surface area contributed by atoms with Crippen LogP contribution in [-0.4, -0.2) is 5.78 Å². The minimum Gasteiger partial charge on any atom is -0.294 e. The second-order valence-corrected chi connectivity index (χ2v) is 5.43. The average Bonchev–Trinajstić information content (AvgIpc) is 2.13. The summed E-state index contributed by atoms with van der Waals surface area (Å²) in [4.78, 5) is 11.9. The first-order chi connectivity index (χ1) is 7.34. The molecular weight excluding hydrogens is 290 g/mol. The standard InChI is InChI=1S/C11H10Cl4O/c1-5(2)3-8(16)9-6(12)4-7(13)10(14)11(9)15/h4-5H,3H2,1-2H3. The van der Waals surface area contributed by atoms with Gasteiger partial charge in [0.1, 0.15) is 0 Å². The van der Waals surface area contributed by atoms with E-state index in [1.807, 2.05) is 13.8 Å². The highest BCUT2D eigenvalue weighted by atomic mass is 35.5. The van der Waals surface area contributed by atoms with Crippen molar-refractivity contribution in [2.45, 2.75) is 20.3 Å². The molecule has 1 aromatic carbocycles. The van der Waals surface area contributed by atoms with Crippen molar-refractivity contribution in [1.29, 1.82) is 0 Å². The Bertz CT molecular complexity index is 426. The van der Waals surface area contributed by atoms with Crippen LogP contribution < -0.4 is 0 Å². The van der Waals surface area contributed by atoms with Crippen molar-refractivity contribution < 1.29 is 4.79 Å². The largest absolute Gasteiger partial charge is 0.294 e. The molecule has 0 aliphatic heterocycles. The van der Waals surface area contributed by atoms with Crippen LogP contribution in [0.15, 0.2) is 6.07 Å². The van der Waals surface area contributed by atoms with Crippen LogP contribution >= 0.6 is 46.4 Å². The Labute approximate surface area is 115 Å². The molecule has 88 valence electrons. The lowest BCUT2D eigenvalue weighted by Gasteiger charge is -2.10. The minimum absolute atomic E-state index is 0.122. The van der Waals surface area contributed by atoms with Crippen molar-refractivity contribution >= 4 is 52.2 Å². The third-order valence-electron chi connectivity index (χ3n) is 1.99. The van der Waals surface area contributed by atoms with Gasteiger partial charge in [0.15, 0.2) is 5.78 Å². The molecule has 0 N–H and O–H groups in total. The number of ketones is 1. The predicted octanol–water partition coefficient (Wildman–Crippen LogP) is 5.53. The number of carbonyl (C=O) groups is 1. The van der Waals surface area contributed by atoms with Gasteiger partial charge in [0.2, 0.25) is 0 Å². The second kappa shape index (κ2) is 5.59. The molecule has 5 heteroatoms. The number of halogens is 4. The van der Waals surface area contributed by atoms with Gasteiger partial charge in [-0.25, -0.2) is 0 Å². The molecule has 0 aliphatic carbocycles. The monoisotopic (exact) mass is 298 g/mol. The summed E-state index contributed by atoms with van der Waals surface area (Å²) in [6, 6.07) is 1.44. The Hall–Kier alpha value is 0.0500. The van der Waals surface area contributed by atoms with Crippen LogP contribution in [0.2, 0.25) is 20.1 Å². The van der Waals surface area contributed by atoms with E-state index in [-0.39, 0.29) is 37.4 Å². The van der Waals surface area contributed by atoms with Crippen LogP contribution in [0.25, 0.3) is 0 Å². The molecule has 0 fully saturated rings. The van der Waals surface area contributed by atoms with Crippen molar-refractivity contribution in [3.8, 4) is 0 Å². The van der Waals surface area contributed by atoms with Gasteiger partial charge in [0.25, 0.3) is 0 Å². The molecule has 0 saturated carbocycles. The number of Topliss-reactive ketones (excluding diaryl/α,β-unsaturated/α-hetero) is 1. The molecule has 0 aromatic heterocycles. The third-order valence-corrected chi connectivity index (χ3v) is 3.55. The topological polar surface area (TPSA) is 17.1 Å². The molecule has 0 saturated heterocycles. The van der Waals surface area contributed by atoms with Crippen molar-refractivity contribution in [3.05, 3.63) is 31.7 Å². The summed E-state index contributed by atoms with van der Waals surface area (Å²) in [5.74, 6) is 0.109. The summed E-state index contributed by atoms with van der Waals surface area (Å²) >= 11 is 23.5. The lowest BCUT2D eigenvalue weighted by Crippen LogP contribution is -2.05. The highest BCUT2D eigenvalue weighted by Gasteiger charge is 2.20. The number of hydrogen-bond donors (Lipinski definition) is 0. The van der Waals surface area contributed by atoms with E-state index in [1.54, 1.807) is 0 Å². The predicted molar refractivity (Wildman–Crippen MR) is 70.3 cm³/mol. The van der Waals surface area contributed by atoms with Crippen molar-refractivity contribution in [1.82, 2.24) is 0 Å². The van der Waals surface area contributed by atoms with Gasteiger partial charge in [0.05, 0.1) is 25.7 Å². The van der Waals surface area contributed by atoms with Gasteiger partial charge in [-0.1, -0.05) is 60.3 Å².